The summed E-state index contributed by atoms with van der Waals surface area (Å²) in [6.45, 7) is 3.52. The number of methoxy groups -OCH3 is 1. The Morgan fingerprint density at radius 3 is 2.33 bits per heavy atom. The number of hydrogen-bond donors (Lipinski definition) is 2. The predicted octanol–water partition coefficient (Wildman–Crippen LogP) is 2.49. The molecule has 0 atom stereocenters. The SMILES string of the molecule is COc1ccc(CC(=O)NCc2ccc(C(=O)NCCn3cc(C)cn3)cc2)cc1. The molecular formula is C23H26N4O3. The molecule has 0 unspecified atom stereocenters. The Hall–Kier alpha value is -3.61. The van der Waals surface area contributed by atoms with E-state index in [1.807, 2.05) is 49.5 Å². The van der Waals surface area contributed by atoms with Crippen molar-refractivity contribution in [3.05, 3.63) is 83.2 Å². The van der Waals surface area contributed by atoms with E-state index in [1.54, 1.807) is 30.1 Å². The van der Waals surface area contributed by atoms with Gasteiger partial charge in [0.15, 0.2) is 0 Å². The number of carbonyl (C=O) groups excluding carboxylic acids is 2. The molecule has 0 spiro atoms. The molecule has 0 radical (unpaired) electrons. The first-order valence-corrected chi connectivity index (χ1v) is 9.79. The highest BCUT2D eigenvalue weighted by Gasteiger charge is 2.07. The molecule has 0 saturated heterocycles. The Balaban J connectivity index is 1.41. The molecule has 1 heterocycles. The van der Waals surface area contributed by atoms with Crippen LogP contribution in [-0.4, -0.2) is 35.2 Å². The molecule has 3 rings (SSSR count). The average molecular weight is 406 g/mol. The quantitative estimate of drug-likeness (QED) is 0.572. The van der Waals surface area contributed by atoms with Crippen LogP contribution in [0.2, 0.25) is 0 Å². The molecule has 0 bridgehead atoms. The number of nitrogens with one attached hydrogen (secondary N) is 2. The van der Waals surface area contributed by atoms with Crippen LogP contribution in [-0.2, 0) is 24.3 Å². The van der Waals surface area contributed by atoms with Crippen molar-refractivity contribution < 1.29 is 14.3 Å². The lowest BCUT2D eigenvalue weighted by molar-refractivity contribution is -0.120. The number of rotatable bonds is 9. The molecule has 0 aliphatic carbocycles. The summed E-state index contributed by atoms with van der Waals surface area (Å²) in [5, 5.41) is 9.97. The number of aryl methyl sites for hydroxylation is 1. The van der Waals surface area contributed by atoms with Crippen molar-refractivity contribution in [3.63, 3.8) is 0 Å². The van der Waals surface area contributed by atoms with Crippen molar-refractivity contribution in [1.82, 2.24) is 20.4 Å². The van der Waals surface area contributed by atoms with E-state index in [1.165, 1.54) is 0 Å². The third-order valence-corrected chi connectivity index (χ3v) is 4.62. The average Bonchev–Trinajstić information content (AvgIpc) is 3.18. The molecule has 2 N–H and O–H groups in total. The third kappa shape index (κ3) is 6.20. The summed E-state index contributed by atoms with van der Waals surface area (Å²) in [6, 6.07) is 14.6. The minimum absolute atomic E-state index is 0.0594. The van der Waals surface area contributed by atoms with Crippen LogP contribution < -0.4 is 15.4 Å². The molecule has 0 saturated carbocycles. The second kappa shape index (κ2) is 10.2. The maximum absolute atomic E-state index is 12.2. The molecule has 156 valence electrons. The highest BCUT2D eigenvalue weighted by atomic mass is 16.5. The van der Waals surface area contributed by atoms with Crippen LogP contribution >= 0.6 is 0 Å². The molecule has 3 aromatic rings. The summed E-state index contributed by atoms with van der Waals surface area (Å²) < 4.78 is 6.91. The monoisotopic (exact) mass is 406 g/mol. The Morgan fingerprint density at radius 1 is 1.00 bits per heavy atom. The first kappa shape index (κ1) is 21.1. The normalized spacial score (nSPS) is 10.5. The molecule has 0 fully saturated rings. The zero-order valence-electron chi connectivity index (χ0n) is 17.2. The number of hydrogen-bond acceptors (Lipinski definition) is 4. The lowest BCUT2D eigenvalue weighted by atomic mass is 10.1. The van der Waals surface area contributed by atoms with Gasteiger partial charge in [0.25, 0.3) is 5.91 Å². The van der Waals surface area contributed by atoms with Crippen LogP contribution in [0.1, 0.15) is 27.0 Å². The predicted molar refractivity (Wildman–Crippen MR) is 114 cm³/mol. The minimum atomic E-state index is -0.131. The van der Waals surface area contributed by atoms with Gasteiger partial charge in [0.2, 0.25) is 5.91 Å². The number of amides is 2. The highest BCUT2D eigenvalue weighted by molar-refractivity contribution is 5.94. The highest BCUT2D eigenvalue weighted by Crippen LogP contribution is 2.11. The van der Waals surface area contributed by atoms with E-state index in [9.17, 15) is 9.59 Å². The van der Waals surface area contributed by atoms with Crippen molar-refractivity contribution in [2.24, 2.45) is 0 Å². The van der Waals surface area contributed by atoms with E-state index in [4.69, 9.17) is 4.74 Å². The summed E-state index contributed by atoms with van der Waals surface area (Å²) in [5.41, 5.74) is 3.53. The second-order valence-electron chi connectivity index (χ2n) is 7.04. The van der Waals surface area contributed by atoms with Gasteiger partial charge >= 0.3 is 0 Å². The van der Waals surface area contributed by atoms with Gasteiger partial charge in [0.05, 0.1) is 26.3 Å². The van der Waals surface area contributed by atoms with E-state index in [0.29, 0.717) is 31.6 Å². The largest absolute Gasteiger partial charge is 0.497 e. The fraction of sp³-hybridized carbons (Fsp3) is 0.261. The topological polar surface area (TPSA) is 85.2 Å². The Kier molecular flexibility index (Phi) is 7.21. The van der Waals surface area contributed by atoms with Crippen molar-refractivity contribution in [3.8, 4) is 5.75 Å². The number of ether oxygens (including phenoxy) is 1. The van der Waals surface area contributed by atoms with Crippen LogP contribution in [0.25, 0.3) is 0 Å². The molecule has 7 heteroatoms. The van der Waals surface area contributed by atoms with Crippen LogP contribution in [0.5, 0.6) is 5.75 Å². The smallest absolute Gasteiger partial charge is 0.251 e. The van der Waals surface area contributed by atoms with Crippen LogP contribution in [0.15, 0.2) is 60.9 Å². The van der Waals surface area contributed by atoms with Gasteiger partial charge in [-0.3, -0.25) is 14.3 Å². The number of carbonyl (C=O) groups is 2. The Morgan fingerprint density at radius 2 is 1.70 bits per heavy atom. The van der Waals surface area contributed by atoms with E-state index >= 15 is 0 Å². The van der Waals surface area contributed by atoms with Gasteiger partial charge in [-0.05, 0) is 47.9 Å². The van der Waals surface area contributed by atoms with Crippen molar-refractivity contribution in [2.75, 3.05) is 13.7 Å². The second-order valence-corrected chi connectivity index (χ2v) is 7.04. The molecule has 30 heavy (non-hydrogen) atoms. The maximum Gasteiger partial charge on any atom is 0.251 e. The van der Waals surface area contributed by atoms with Gasteiger partial charge in [-0.2, -0.15) is 5.10 Å². The summed E-state index contributed by atoms with van der Waals surface area (Å²) >= 11 is 0. The molecule has 7 nitrogen and oxygen atoms in total. The number of aromatic nitrogens is 2. The van der Waals surface area contributed by atoms with E-state index in [2.05, 4.69) is 15.7 Å². The Bertz CT molecular complexity index is 978. The number of nitrogens with zero attached hydrogens (tertiary/aromatic N) is 2. The van der Waals surface area contributed by atoms with Gasteiger partial charge < -0.3 is 15.4 Å². The van der Waals surface area contributed by atoms with E-state index in [0.717, 1.165) is 22.4 Å². The van der Waals surface area contributed by atoms with Gasteiger partial charge in [-0.25, -0.2) is 0 Å². The van der Waals surface area contributed by atoms with Crippen LogP contribution in [0.3, 0.4) is 0 Å². The van der Waals surface area contributed by atoms with Crippen molar-refractivity contribution >= 4 is 11.8 Å². The van der Waals surface area contributed by atoms with Crippen molar-refractivity contribution in [1.29, 1.82) is 0 Å². The van der Waals surface area contributed by atoms with E-state index < -0.39 is 0 Å². The maximum atomic E-state index is 12.2. The zero-order chi connectivity index (χ0) is 21.3. The molecular weight excluding hydrogens is 380 g/mol. The minimum Gasteiger partial charge on any atom is -0.497 e. The van der Waals surface area contributed by atoms with Gasteiger partial charge in [0, 0.05) is 24.8 Å². The molecule has 2 aromatic carbocycles. The molecule has 0 aliphatic rings. The zero-order valence-corrected chi connectivity index (χ0v) is 17.2. The summed E-state index contributed by atoms with van der Waals surface area (Å²) in [6.07, 6.45) is 4.03. The number of benzene rings is 2. The lowest BCUT2D eigenvalue weighted by Crippen LogP contribution is -2.27. The third-order valence-electron chi connectivity index (χ3n) is 4.62. The van der Waals surface area contributed by atoms with Crippen LogP contribution in [0.4, 0.5) is 0 Å². The molecule has 2 amide bonds. The summed E-state index contributed by atoms with van der Waals surface area (Å²) in [7, 11) is 1.61. The fourth-order valence-corrected chi connectivity index (χ4v) is 2.94. The van der Waals surface area contributed by atoms with Gasteiger partial charge in [0.1, 0.15) is 5.75 Å². The fourth-order valence-electron chi connectivity index (χ4n) is 2.94. The lowest BCUT2D eigenvalue weighted by Gasteiger charge is -2.08. The molecule has 1 aromatic heterocycles. The summed E-state index contributed by atoms with van der Waals surface area (Å²) in [5.74, 6) is 0.574. The first-order chi connectivity index (χ1) is 14.5. The first-order valence-electron chi connectivity index (χ1n) is 9.79. The van der Waals surface area contributed by atoms with Gasteiger partial charge in [-0.1, -0.05) is 24.3 Å². The van der Waals surface area contributed by atoms with Gasteiger partial charge in [-0.15, -0.1) is 0 Å². The Labute approximate surface area is 176 Å². The summed E-state index contributed by atoms with van der Waals surface area (Å²) in [4.78, 5) is 24.4. The molecule has 0 aliphatic heterocycles. The van der Waals surface area contributed by atoms with E-state index in [-0.39, 0.29) is 11.8 Å². The standard InChI is InChI=1S/C23H26N4O3/c1-17-14-26-27(16-17)12-11-24-23(29)20-7-3-19(4-8-20)15-25-22(28)13-18-5-9-21(30-2)10-6-18/h3-10,14,16H,11-13,15H2,1-2H3,(H,24,29)(H,25,28). The van der Waals surface area contributed by atoms with Crippen LogP contribution in [0, 0.1) is 6.92 Å². The van der Waals surface area contributed by atoms with Crippen molar-refractivity contribution in [2.45, 2.75) is 26.4 Å².